The van der Waals surface area contributed by atoms with E-state index in [0.29, 0.717) is 5.76 Å². The van der Waals surface area contributed by atoms with Gasteiger partial charge in [-0.05, 0) is 18.6 Å². The van der Waals surface area contributed by atoms with E-state index < -0.39 is 0 Å². The molecule has 0 aromatic rings. The number of ether oxygens (including phenoxy) is 1. The van der Waals surface area contributed by atoms with E-state index in [9.17, 15) is 0 Å². The molecular weight excluding hydrogens is 116 g/mol. The van der Waals surface area contributed by atoms with E-state index in [2.05, 4.69) is 0 Å². The van der Waals surface area contributed by atoms with Crippen molar-refractivity contribution >= 4 is 0 Å². The largest absolute Gasteiger partial charge is 0.508 e. The van der Waals surface area contributed by atoms with Crippen LogP contribution in [-0.4, -0.2) is 18.3 Å². The highest BCUT2D eigenvalue weighted by molar-refractivity contribution is 5.17. The third kappa shape index (κ3) is 1.57. The standard InChI is InChI=1S/C7H10O2/c1-9-7-4-2-3-6(8)5-7/h2-3,5,7-8H,4H2,1H3. The maximum absolute atomic E-state index is 8.90. The summed E-state index contributed by atoms with van der Waals surface area (Å²) in [5.41, 5.74) is 0. The Labute approximate surface area is 54.5 Å². The summed E-state index contributed by atoms with van der Waals surface area (Å²) >= 11 is 0. The van der Waals surface area contributed by atoms with E-state index in [1.54, 1.807) is 19.3 Å². The fraction of sp³-hybridized carbons (Fsp3) is 0.429. The van der Waals surface area contributed by atoms with E-state index in [-0.39, 0.29) is 6.10 Å². The van der Waals surface area contributed by atoms with Crippen LogP contribution in [0.4, 0.5) is 0 Å². The highest BCUT2D eigenvalue weighted by Crippen LogP contribution is 2.09. The topological polar surface area (TPSA) is 29.5 Å². The molecular formula is C7H10O2. The molecule has 0 aromatic carbocycles. The van der Waals surface area contributed by atoms with Crippen molar-refractivity contribution in [1.82, 2.24) is 0 Å². The van der Waals surface area contributed by atoms with Gasteiger partial charge in [-0.2, -0.15) is 0 Å². The minimum absolute atomic E-state index is 0.0648. The zero-order chi connectivity index (χ0) is 6.69. The van der Waals surface area contributed by atoms with Gasteiger partial charge in [0.25, 0.3) is 0 Å². The Bertz CT molecular complexity index is 147. The second-order valence-corrected chi connectivity index (χ2v) is 2.00. The second-order valence-electron chi connectivity index (χ2n) is 2.00. The van der Waals surface area contributed by atoms with Crippen molar-refractivity contribution in [2.45, 2.75) is 12.5 Å². The van der Waals surface area contributed by atoms with Crippen LogP contribution in [0.15, 0.2) is 24.0 Å². The van der Waals surface area contributed by atoms with Crippen LogP contribution in [0.2, 0.25) is 0 Å². The molecule has 9 heavy (non-hydrogen) atoms. The first-order valence-electron chi connectivity index (χ1n) is 2.93. The van der Waals surface area contributed by atoms with Gasteiger partial charge in [0.1, 0.15) is 5.76 Å². The van der Waals surface area contributed by atoms with E-state index in [1.807, 2.05) is 6.08 Å². The van der Waals surface area contributed by atoms with Crippen LogP contribution in [0.25, 0.3) is 0 Å². The Balaban J connectivity index is 2.55. The van der Waals surface area contributed by atoms with Crippen LogP contribution >= 0.6 is 0 Å². The van der Waals surface area contributed by atoms with E-state index in [4.69, 9.17) is 9.84 Å². The van der Waals surface area contributed by atoms with Crippen LogP contribution < -0.4 is 0 Å². The molecule has 0 saturated heterocycles. The van der Waals surface area contributed by atoms with Gasteiger partial charge >= 0.3 is 0 Å². The quantitative estimate of drug-likeness (QED) is 0.575. The zero-order valence-electron chi connectivity index (χ0n) is 5.37. The van der Waals surface area contributed by atoms with Crippen molar-refractivity contribution in [2.24, 2.45) is 0 Å². The molecule has 0 amide bonds. The molecule has 0 aromatic heterocycles. The summed E-state index contributed by atoms with van der Waals surface area (Å²) in [5.74, 6) is 0.299. The van der Waals surface area contributed by atoms with Crippen molar-refractivity contribution in [3.63, 3.8) is 0 Å². The maximum Gasteiger partial charge on any atom is 0.113 e. The molecule has 0 bridgehead atoms. The van der Waals surface area contributed by atoms with Crippen molar-refractivity contribution in [2.75, 3.05) is 7.11 Å². The lowest BCUT2D eigenvalue weighted by atomic mass is 10.1. The van der Waals surface area contributed by atoms with Gasteiger partial charge in [-0.1, -0.05) is 6.08 Å². The van der Waals surface area contributed by atoms with Crippen molar-refractivity contribution in [3.05, 3.63) is 24.0 Å². The monoisotopic (exact) mass is 126 g/mol. The molecule has 1 unspecified atom stereocenters. The average Bonchev–Trinajstić information content (AvgIpc) is 1.88. The summed E-state index contributed by atoms with van der Waals surface area (Å²) in [5, 5.41) is 8.90. The highest BCUT2D eigenvalue weighted by atomic mass is 16.5. The molecule has 1 rings (SSSR count). The predicted octanol–water partition coefficient (Wildman–Crippen LogP) is 1.40. The molecule has 0 aliphatic heterocycles. The SMILES string of the molecule is COC1C=C(O)C=CC1. The fourth-order valence-electron chi connectivity index (χ4n) is 0.801. The minimum atomic E-state index is 0.0648. The molecule has 1 aliphatic carbocycles. The molecule has 0 radical (unpaired) electrons. The number of rotatable bonds is 1. The number of hydrogen-bond acceptors (Lipinski definition) is 2. The van der Waals surface area contributed by atoms with Gasteiger partial charge < -0.3 is 9.84 Å². The van der Waals surface area contributed by atoms with Gasteiger partial charge in [-0.3, -0.25) is 0 Å². The first-order valence-corrected chi connectivity index (χ1v) is 2.93. The lowest BCUT2D eigenvalue weighted by molar-refractivity contribution is 0.139. The smallest absolute Gasteiger partial charge is 0.113 e. The Hall–Kier alpha value is -0.760. The van der Waals surface area contributed by atoms with Crippen LogP contribution in [0.1, 0.15) is 6.42 Å². The number of allylic oxidation sites excluding steroid dienone is 1. The van der Waals surface area contributed by atoms with Crippen molar-refractivity contribution in [3.8, 4) is 0 Å². The molecule has 0 fully saturated rings. The third-order valence-corrected chi connectivity index (χ3v) is 1.32. The first-order chi connectivity index (χ1) is 4.33. The summed E-state index contributed by atoms with van der Waals surface area (Å²) < 4.78 is 4.97. The Morgan fingerprint density at radius 2 is 2.56 bits per heavy atom. The summed E-state index contributed by atoms with van der Waals surface area (Å²) in [6.45, 7) is 0. The van der Waals surface area contributed by atoms with Gasteiger partial charge in [0.2, 0.25) is 0 Å². The zero-order valence-corrected chi connectivity index (χ0v) is 5.37. The van der Waals surface area contributed by atoms with Crippen LogP contribution in [0.5, 0.6) is 0 Å². The van der Waals surface area contributed by atoms with Crippen LogP contribution in [0.3, 0.4) is 0 Å². The highest BCUT2D eigenvalue weighted by Gasteiger charge is 2.05. The fourth-order valence-corrected chi connectivity index (χ4v) is 0.801. The van der Waals surface area contributed by atoms with Gasteiger partial charge in [0, 0.05) is 7.11 Å². The van der Waals surface area contributed by atoms with Gasteiger partial charge in [-0.15, -0.1) is 0 Å². The molecule has 0 saturated carbocycles. The predicted molar refractivity (Wildman–Crippen MR) is 35.3 cm³/mol. The average molecular weight is 126 g/mol. The number of methoxy groups -OCH3 is 1. The normalized spacial score (nSPS) is 25.9. The molecule has 2 nitrogen and oxygen atoms in total. The summed E-state index contributed by atoms with van der Waals surface area (Å²) in [6.07, 6.45) is 6.19. The molecule has 2 heteroatoms. The minimum Gasteiger partial charge on any atom is -0.508 e. The van der Waals surface area contributed by atoms with Gasteiger partial charge in [0.15, 0.2) is 0 Å². The molecule has 0 heterocycles. The summed E-state index contributed by atoms with van der Waals surface area (Å²) in [4.78, 5) is 0. The van der Waals surface area contributed by atoms with Gasteiger partial charge in [0.05, 0.1) is 6.10 Å². The first kappa shape index (κ1) is 6.36. The summed E-state index contributed by atoms with van der Waals surface area (Å²) in [7, 11) is 1.63. The molecule has 50 valence electrons. The van der Waals surface area contributed by atoms with E-state index in [0.717, 1.165) is 6.42 Å². The lowest BCUT2D eigenvalue weighted by Gasteiger charge is -2.10. The number of aliphatic hydroxyl groups is 1. The molecule has 1 N–H and O–H groups in total. The molecule has 1 aliphatic rings. The second kappa shape index (κ2) is 2.69. The Kier molecular flexibility index (Phi) is 1.90. The molecule has 1 atom stereocenters. The number of aliphatic hydroxyl groups excluding tert-OH is 1. The Morgan fingerprint density at radius 3 is 3.00 bits per heavy atom. The Morgan fingerprint density at radius 1 is 1.78 bits per heavy atom. The third-order valence-electron chi connectivity index (χ3n) is 1.32. The van der Waals surface area contributed by atoms with Crippen LogP contribution in [-0.2, 0) is 4.74 Å². The summed E-state index contributed by atoms with van der Waals surface area (Å²) in [6, 6.07) is 0. The lowest BCUT2D eigenvalue weighted by Crippen LogP contribution is -2.08. The van der Waals surface area contributed by atoms with Gasteiger partial charge in [-0.25, -0.2) is 0 Å². The van der Waals surface area contributed by atoms with E-state index in [1.165, 1.54) is 0 Å². The maximum atomic E-state index is 8.90. The van der Waals surface area contributed by atoms with Crippen molar-refractivity contribution < 1.29 is 9.84 Å². The number of hydrogen-bond donors (Lipinski definition) is 1. The van der Waals surface area contributed by atoms with E-state index >= 15 is 0 Å². The van der Waals surface area contributed by atoms with Crippen LogP contribution in [0, 0.1) is 0 Å². The van der Waals surface area contributed by atoms with Crippen molar-refractivity contribution in [1.29, 1.82) is 0 Å². The molecule has 0 spiro atoms.